The molecule has 0 radical (unpaired) electrons. The largest absolute Gasteiger partial charge is 0.409 e. The van der Waals surface area contributed by atoms with Crippen LogP contribution in [0.3, 0.4) is 0 Å². The van der Waals surface area contributed by atoms with Crippen LogP contribution in [-0.2, 0) is 0 Å². The Morgan fingerprint density at radius 2 is 2.36 bits per heavy atom. The van der Waals surface area contributed by atoms with Crippen LogP contribution in [0, 0.1) is 0 Å². The minimum absolute atomic E-state index is 0.102. The summed E-state index contributed by atoms with van der Waals surface area (Å²) in [6.07, 6.45) is 1.50. The van der Waals surface area contributed by atoms with Crippen LogP contribution in [0.5, 0.6) is 0 Å². The van der Waals surface area contributed by atoms with Gasteiger partial charge in [0.1, 0.15) is 12.0 Å². The molecule has 6 heteroatoms. The Balaban J connectivity index is 2.36. The van der Waals surface area contributed by atoms with E-state index >= 15 is 0 Å². The van der Waals surface area contributed by atoms with Gasteiger partial charge < -0.3 is 15.5 Å². The maximum atomic E-state index is 8.46. The van der Waals surface area contributed by atoms with Crippen LogP contribution < -0.4 is 5.73 Å². The van der Waals surface area contributed by atoms with Gasteiger partial charge in [-0.2, -0.15) is 0 Å². The van der Waals surface area contributed by atoms with E-state index in [9.17, 15) is 0 Å². The molecule has 0 saturated carbocycles. The van der Waals surface area contributed by atoms with Gasteiger partial charge in [-0.15, -0.1) is 11.3 Å². The minimum Gasteiger partial charge on any atom is -0.409 e. The van der Waals surface area contributed by atoms with E-state index in [1.54, 1.807) is 12.1 Å². The van der Waals surface area contributed by atoms with E-state index in [2.05, 4.69) is 10.3 Å². The fourth-order valence-corrected chi connectivity index (χ4v) is 1.87. The molecular weight excluding hydrogens is 202 g/mol. The molecule has 2 aromatic rings. The van der Waals surface area contributed by atoms with Gasteiger partial charge in [-0.25, -0.2) is 0 Å². The first-order valence-electron chi connectivity index (χ1n) is 3.80. The lowest BCUT2D eigenvalue weighted by Gasteiger charge is -1.89. The molecule has 5 nitrogen and oxygen atoms in total. The second-order valence-corrected chi connectivity index (χ2v) is 3.62. The summed E-state index contributed by atoms with van der Waals surface area (Å²) in [5, 5.41) is 15.2. The van der Waals surface area contributed by atoms with Gasteiger partial charge in [-0.1, -0.05) is 10.3 Å². The van der Waals surface area contributed by atoms with Gasteiger partial charge in [-0.05, 0) is 12.1 Å². The van der Waals surface area contributed by atoms with Crippen LogP contribution in [0.25, 0.3) is 10.6 Å². The van der Waals surface area contributed by atoms with Crippen molar-refractivity contribution in [2.45, 2.75) is 0 Å². The van der Waals surface area contributed by atoms with Crippen LogP contribution in [0.1, 0.15) is 4.88 Å². The van der Waals surface area contributed by atoms with E-state index in [0.717, 1.165) is 10.6 Å². The van der Waals surface area contributed by atoms with Crippen molar-refractivity contribution < 1.29 is 9.73 Å². The number of nitrogens with two attached hydrogens (primary N) is 1. The summed E-state index contributed by atoms with van der Waals surface area (Å²) in [5.41, 5.74) is 6.17. The monoisotopic (exact) mass is 209 g/mol. The Morgan fingerprint density at radius 1 is 1.50 bits per heavy atom. The van der Waals surface area contributed by atoms with Crippen molar-refractivity contribution in [2.75, 3.05) is 0 Å². The van der Waals surface area contributed by atoms with Crippen molar-refractivity contribution >= 4 is 17.2 Å². The summed E-state index contributed by atoms with van der Waals surface area (Å²) in [4.78, 5) is 1.62. The van der Waals surface area contributed by atoms with E-state index in [4.69, 9.17) is 15.5 Å². The fraction of sp³-hybridized carbons (Fsp3) is 0. The predicted molar refractivity (Wildman–Crippen MR) is 52.3 cm³/mol. The zero-order valence-corrected chi connectivity index (χ0v) is 7.86. The average molecular weight is 209 g/mol. The van der Waals surface area contributed by atoms with Crippen LogP contribution >= 0.6 is 11.3 Å². The molecule has 0 fully saturated rings. The maximum absolute atomic E-state index is 8.46. The van der Waals surface area contributed by atoms with Gasteiger partial charge in [0.25, 0.3) is 0 Å². The number of amidine groups is 1. The van der Waals surface area contributed by atoms with Crippen molar-refractivity contribution in [1.82, 2.24) is 5.16 Å². The molecule has 0 amide bonds. The molecule has 0 unspecified atom stereocenters. The topological polar surface area (TPSA) is 84.6 Å². The minimum atomic E-state index is 0.102. The Hall–Kier alpha value is -1.82. The lowest BCUT2D eigenvalue weighted by Crippen LogP contribution is -2.10. The summed E-state index contributed by atoms with van der Waals surface area (Å²) in [7, 11) is 0. The molecule has 3 N–H and O–H groups in total. The molecule has 2 aromatic heterocycles. The number of aromatic nitrogens is 1. The molecule has 0 aliphatic rings. The maximum Gasteiger partial charge on any atom is 0.180 e. The SMILES string of the molecule is N/C(=N/O)c1ccc(-c2ccon2)s1. The lowest BCUT2D eigenvalue weighted by molar-refractivity contribution is 0.319. The highest BCUT2D eigenvalue weighted by molar-refractivity contribution is 7.17. The van der Waals surface area contributed by atoms with Crippen molar-refractivity contribution in [3.63, 3.8) is 0 Å². The van der Waals surface area contributed by atoms with E-state index in [0.29, 0.717) is 4.88 Å². The lowest BCUT2D eigenvalue weighted by atomic mass is 10.3. The third-order valence-corrected chi connectivity index (χ3v) is 2.79. The number of nitrogens with zero attached hydrogens (tertiary/aromatic N) is 2. The Morgan fingerprint density at radius 3 is 3.00 bits per heavy atom. The first kappa shape index (κ1) is 8.76. The molecule has 2 heterocycles. The van der Waals surface area contributed by atoms with E-state index in [1.807, 2.05) is 6.07 Å². The second-order valence-electron chi connectivity index (χ2n) is 2.53. The summed E-state index contributed by atoms with van der Waals surface area (Å²) < 4.78 is 4.71. The summed E-state index contributed by atoms with van der Waals surface area (Å²) in [6.45, 7) is 0. The Labute approximate surface area is 83.4 Å². The van der Waals surface area contributed by atoms with Crippen LogP contribution in [0.15, 0.2) is 34.1 Å². The average Bonchev–Trinajstić information content (AvgIpc) is 2.86. The number of thiophene rings is 1. The van der Waals surface area contributed by atoms with Gasteiger partial charge >= 0.3 is 0 Å². The molecule has 0 saturated heterocycles. The van der Waals surface area contributed by atoms with Crippen molar-refractivity contribution in [1.29, 1.82) is 0 Å². The molecule has 2 rings (SSSR count). The van der Waals surface area contributed by atoms with Gasteiger partial charge in [0.2, 0.25) is 0 Å². The first-order valence-corrected chi connectivity index (χ1v) is 4.61. The van der Waals surface area contributed by atoms with Crippen LogP contribution in [0.2, 0.25) is 0 Å². The number of hydrogen-bond acceptors (Lipinski definition) is 5. The first-order chi connectivity index (χ1) is 6.81. The molecule has 0 bridgehead atoms. The highest BCUT2D eigenvalue weighted by Gasteiger charge is 2.07. The number of rotatable bonds is 2. The van der Waals surface area contributed by atoms with Gasteiger partial charge in [0, 0.05) is 6.07 Å². The van der Waals surface area contributed by atoms with E-state index in [1.165, 1.54) is 17.6 Å². The van der Waals surface area contributed by atoms with Crippen LogP contribution in [-0.4, -0.2) is 16.2 Å². The molecule has 0 atom stereocenters. The zero-order chi connectivity index (χ0) is 9.97. The molecule has 14 heavy (non-hydrogen) atoms. The Bertz CT molecular complexity index is 447. The summed E-state index contributed by atoms with van der Waals surface area (Å²) in [6, 6.07) is 5.36. The third kappa shape index (κ3) is 1.47. The van der Waals surface area contributed by atoms with E-state index < -0.39 is 0 Å². The molecule has 0 aromatic carbocycles. The quantitative estimate of drug-likeness (QED) is 0.339. The van der Waals surface area contributed by atoms with E-state index in [-0.39, 0.29) is 5.84 Å². The van der Waals surface area contributed by atoms with Crippen LogP contribution in [0.4, 0.5) is 0 Å². The number of hydrogen-bond donors (Lipinski definition) is 2. The van der Waals surface area contributed by atoms with Gasteiger partial charge in [0.05, 0.1) is 9.75 Å². The highest BCUT2D eigenvalue weighted by atomic mass is 32.1. The molecule has 72 valence electrons. The fourth-order valence-electron chi connectivity index (χ4n) is 1.00. The molecular formula is C8H7N3O2S. The zero-order valence-electron chi connectivity index (χ0n) is 7.04. The van der Waals surface area contributed by atoms with Crippen molar-refractivity contribution in [3.8, 4) is 10.6 Å². The highest BCUT2D eigenvalue weighted by Crippen LogP contribution is 2.26. The predicted octanol–water partition coefficient (Wildman–Crippen LogP) is 1.50. The molecule has 0 aliphatic carbocycles. The third-order valence-electron chi connectivity index (χ3n) is 1.66. The summed E-state index contributed by atoms with van der Waals surface area (Å²) >= 11 is 1.38. The number of oxime groups is 1. The van der Waals surface area contributed by atoms with Crippen molar-refractivity contribution in [2.24, 2.45) is 10.9 Å². The standard InChI is InChI=1S/C8H7N3O2S/c9-8(10-12)7-2-1-6(14-7)5-3-4-13-11-5/h1-4,12H,(H2,9,10). The smallest absolute Gasteiger partial charge is 0.180 e. The van der Waals surface area contributed by atoms with Gasteiger partial charge in [-0.3, -0.25) is 0 Å². The van der Waals surface area contributed by atoms with Gasteiger partial charge in [0.15, 0.2) is 5.84 Å². The normalized spacial score (nSPS) is 11.9. The molecule has 0 spiro atoms. The second kappa shape index (κ2) is 3.51. The molecule has 0 aliphatic heterocycles. The Kier molecular flexibility index (Phi) is 2.19. The summed E-state index contributed by atoms with van der Waals surface area (Å²) in [5.74, 6) is 0.102. The van der Waals surface area contributed by atoms with Crippen molar-refractivity contribution in [3.05, 3.63) is 29.3 Å².